The van der Waals surface area contributed by atoms with Crippen molar-refractivity contribution in [3.63, 3.8) is 0 Å². The maximum Gasteiger partial charge on any atom is 0.278 e. The first-order chi connectivity index (χ1) is 14.0. The minimum atomic E-state index is -3.17. The van der Waals surface area contributed by atoms with Crippen molar-refractivity contribution in [3.8, 4) is 23.0 Å². The quantitative estimate of drug-likeness (QED) is 0.643. The molecule has 0 atom stereocenters. The summed E-state index contributed by atoms with van der Waals surface area (Å²) in [6, 6.07) is 9.57. The zero-order valence-corrected chi connectivity index (χ0v) is 17.8. The van der Waals surface area contributed by atoms with Gasteiger partial charge in [-0.15, -0.1) is 0 Å². The second-order valence-electron chi connectivity index (χ2n) is 6.74. The van der Waals surface area contributed by atoms with Crippen LogP contribution in [-0.4, -0.2) is 64.8 Å². The Labute approximate surface area is 175 Å². The van der Waals surface area contributed by atoms with Gasteiger partial charge in [-0.2, -0.15) is 9.29 Å². The standard InChI is InChI=1S/C19H22N6O3S.H3N/c1-3-29(26,27)25-11-9-24(10-12-25)16-13-20-14(2)17(21-16)19-22-18(23-28-19)15-7-5-4-6-8-15;/h4-8,13H,3,9-12H2,1-2H3;1H3. The van der Waals surface area contributed by atoms with Gasteiger partial charge in [0.1, 0.15) is 5.82 Å². The van der Waals surface area contributed by atoms with Gasteiger partial charge in [-0.3, -0.25) is 4.98 Å². The minimum absolute atomic E-state index is 0. The molecule has 3 aromatic rings. The summed E-state index contributed by atoms with van der Waals surface area (Å²) in [5, 5.41) is 4.05. The molecule has 0 unspecified atom stereocenters. The number of aryl methyl sites for hydroxylation is 1. The van der Waals surface area contributed by atoms with Crippen molar-refractivity contribution in [1.29, 1.82) is 0 Å². The lowest BCUT2D eigenvalue weighted by Gasteiger charge is -2.34. The number of aromatic nitrogens is 4. The monoisotopic (exact) mass is 431 g/mol. The summed E-state index contributed by atoms with van der Waals surface area (Å²) in [5.74, 6) is 1.58. The number of hydrogen-bond acceptors (Lipinski definition) is 9. The van der Waals surface area contributed by atoms with Gasteiger partial charge >= 0.3 is 0 Å². The highest BCUT2D eigenvalue weighted by Crippen LogP contribution is 2.25. The van der Waals surface area contributed by atoms with E-state index in [2.05, 4.69) is 20.1 Å². The summed E-state index contributed by atoms with van der Waals surface area (Å²) in [6.07, 6.45) is 1.69. The van der Waals surface area contributed by atoms with E-state index in [0.29, 0.717) is 55.1 Å². The molecule has 1 fully saturated rings. The Morgan fingerprint density at radius 1 is 1.07 bits per heavy atom. The lowest BCUT2D eigenvalue weighted by molar-refractivity contribution is 0.384. The van der Waals surface area contributed by atoms with E-state index in [-0.39, 0.29) is 11.9 Å². The van der Waals surface area contributed by atoms with E-state index in [4.69, 9.17) is 4.52 Å². The smallest absolute Gasteiger partial charge is 0.278 e. The first-order valence-electron chi connectivity index (χ1n) is 9.44. The lowest BCUT2D eigenvalue weighted by atomic mass is 10.2. The van der Waals surface area contributed by atoms with Crippen molar-refractivity contribution in [1.82, 2.24) is 30.6 Å². The van der Waals surface area contributed by atoms with Gasteiger partial charge in [0.15, 0.2) is 5.69 Å². The van der Waals surface area contributed by atoms with Gasteiger partial charge in [0.05, 0.1) is 17.6 Å². The molecule has 0 aliphatic carbocycles. The molecule has 1 aromatic carbocycles. The average molecular weight is 432 g/mol. The van der Waals surface area contributed by atoms with Gasteiger partial charge in [0.25, 0.3) is 5.89 Å². The molecule has 1 aliphatic rings. The average Bonchev–Trinajstić information content (AvgIpc) is 3.25. The molecule has 0 radical (unpaired) electrons. The first kappa shape index (κ1) is 21.8. The second-order valence-corrected chi connectivity index (χ2v) is 9.00. The SMILES string of the molecule is CCS(=O)(=O)N1CCN(c2cnc(C)c(-c3nc(-c4ccccc4)no3)n2)CC1.N. The Morgan fingerprint density at radius 3 is 2.43 bits per heavy atom. The number of piperazine rings is 1. The van der Waals surface area contributed by atoms with Gasteiger partial charge < -0.3 is 15.6 Å². The third-order valence-electron chi connectivity index (χ3n) is 4.92. The van der Waals surface area contributed by atoms with Crippen LogP contribution in [0.2, 0.25) is 0 Å². The Balaban J connectivity index is 0.00000256. The maximum atomic E-state index is 12.1. The maximum absolute atomic E-state index is 12.1. The highest BCUT2D eigenvalue weighted by atomic mass is 32.2. The molecule has 0 bridgehead atoms. The molecule has 160 valence electrons. The first-order valence-corrected chi connectivity index (χ1v) is 11.0. The molecule has 2 aromatic heterocycles. The van der Waals surface area contributed by atoms with Gasteiger partial charge in [0, 0.05) is 31.7 Å². The third-order valence-corrected chi connectivity index (χ3v) is 6.81. The fraction of sp³-hybridized carbons (Fsp3) is 0.368. The van der Waals surface area contributed by atoms with Crippen LogP contribution >= 0.6 is 0 Å². The van der Waals surface area contributed by atoms with Crippen LogP contribution in [-0.2, 0) is 10.0 Å². The molecule has 30 heavy (non-hydrogen) atoms. The van der Waals surface area contributed by atoms with E-state index >= 15 is 0 Å². The molecule has 1 aliphatic heterocycles. The fourth-order valence-electron chi connectivity index (χ4n) is 3.20. The Bertz CT molecular complexity index is 1090. The highest BCUT2D eigenvalue weighted by molar-refractivity contribution is 7.89. The van der Waals surface area contributed by atoms with E-state index in [1.807, 2.05) is 42.2 Å². The van der Waals surface area contributed by atoms with E-state index in [1.54, 1.807) is 13.1 Å². The summed E-state index contributed by atoms with van der Waals surface area (Å²) < 4.78 is 31.1. The molecule has 1 saturated heterocycles. The molecule has 10 nitrogen and oxygen atoms in total. The molecule has 0 saturated carbocycles. The Kier molecular flexibility index (Phi) is 6.44. The fourth-order valence-corrected chi connectivity index (χ4v) is 4.28. The van der Waals surface area contributed by atoms with E-state index in [9.17, 15) is 8.42 Å². The summed E-state index contributed by atoms with van der Waals surface area (Å²) in [4.78, 5) is 15.6. The van der Waals surface area contributed by atoms with Crippen molar-refractivity contribution in [2.75, 3.05) is 36.8 Å². The van der Waals surface area contributed by atoms with Crippen molar-refractivity contribution in [2.45, 2.75) is 13.8 Å². The van der Waals surface area contributed by atoms with Crippen LogP contribution in [0.3, 0.4) is 0 Å². The topological polar surface area (TPSA) is 140 Å². The van der Waals surface area contributed by atoms with Crippen molar-refractivity contribution >= 4 is 15.8 Å². The number of hydrogen-bond donors (Lipinski definition) is 1. The molecule has 11 heteroatoms. The van der Waals surface area contributed by atoms with Gasteiger partial charge in [-0.25, -0.2) is 13.4 Å². The Morgan fingerprint density at radius 2 is 1.77 bits per heavy atom. The van der Waals surface area contributed by atoms with Crippen molar-refractivity contribution in [2.24, 2.45) is 0 Å². The van der Waals surface area contributed by atoms with Crippen LogP contribution in [0.4, 0.5) is 5.82 Å². The van der Waals surface area contributed by atoms with Crippen molar-refractivity contribution in [3.05, 3.63) is 42.2 Å². The largest absolute Gasteiger partial charge is 0.353 e. The highest BCUT2D eigenvalue weighted by Gasteiger charge is 2.27. The third kappa shape index (κ3) is 4.32. The van der Waals surface area contributed by atoms with Crippen LogP contribution in [0.1, 0.15) is 12.6 Å². The molecular weight excluding hydrogens is 406 g/mol. The molecule has 3 N–H and O–H groups in total. The van der Waals surface area contributed by atoms with Crippen LogP contribution in [0.15, 0.2) is 41.1 Å². The van der Waals surface area contributed by atoms with Crippen LogP contribution < -0.4 is 11.1 Å². The minimum Gasteiger partial charge on any atom is -0.353 e. The second kappa shape index (κ2) is 8.86. The van der Waals surface area contributed by atoms with Crippen LogP contribution in [0.25, 0.3) is 23.0 Å². The molecule has 0 amide bonds. The summed E-state index contributed by atoms with van der Waals surface area (Å²) in [6.45, 7) is 5.46. The number of sulfonamides is 1. The van der Waals surface area contributed by atoms with E-state index < -0.39 is 10.0 Å². The predicted molar refractivity (Wildman–Crippen MR) is 114 cm³/mol. The molecule has 0 spiro atoms. The number of nitrogens with zero attached hydrogens (tertiary/aromatic N) is 6. The molecular formula is C19H25N7O3S. The number of anilines is 1. The van der Waals surface area contributed by atoms with E-state index in [0.717, 1.165) is 5.56 Å². The summed E-state index contributed by atoms with van der Waals surface area (Å²) in [5.41, 5.74) is 2.07. The predicted octanol–water partition coefficient (Wildman–Crippen LogP) is 2.14. The van der Waals surface area contributed by atoms with Crippen LogP contribution in [0, 0.1) is 6.92 Å². The summed E-state index contributed by atoms with van der Waals surface area (Å²) in [7, 11) is -3.17. The van der Waals surface area contributed by atoms with Gasteiger partial charge in [0.2, 0.25) is 15.8 Å². The number of benzene rings is 1. The zero-order valence-electron chi connectivity index (χ0n) is 17.0. The number of rotatable bonds is 5. The lowest BCUT2D eigenvalue weighted by Crippen LogP contribution is -2.49. The van der Waals surface area contributed by atoms with Gasteiger partial charge in [-0.05, 0) is 13.8 Å². The summed E-state index contributed by atoms with van der Waals surface area (Å²) >= 11 is 0. The zero-order chi connectivity index (χ0) is 20.4. The van der Waals surface area contributed by atoms with E-state index in [1.165, 1.54) is 4.31 Å². The Hall–Kier alpha value is -2.89. The molecule has 3 heterocycles. The normalized spacial score (nSPS) is 15.1. The van der Waals surface area contributed by atoms with Gasteiger partial charge in [-0.1, -0.05) is 35.5 Å². The molecule has 4 rings (SSSR count). The van der Waals surface area contributed by atoms with Crippen LogP contribution in [0.5, 0.6) is 0 Å². The van der Waals surface area contributed by atoms with Crippen molar-refractivity contribution < 1.29 is 12.9 Å².